The lowest BCUT2D eigenvalue weighted by molar-refractivity contribution is 0.0821. The van der Waals surface area contributed by atoms with Crippen LogP contribution in [0.1, 0.15) is 10.5 Å². The molecule has 0 bridgehead atoms. The molecule has 1 aromatic carbocycles. The van der Waals surface area contributed by atoms with Crippen LogP contribution in [-0.4, -0.2) is 22.3 Å². The molecule has 1 aromatic heterocycles. The molecule has 0 aliphatic heterocycles. The first-order chi connectivity index (χ1) is 8.16. The fourth-order valence-electron chi connectivity index (χ4n) is 1.32. The zero-order valence-corrected chi connectivity index (χ0v) is 10.0. The van der Waals surface area contributed by atoms with Gasteiger partial charge in [0.25, 0.3) is 5.91 Å². The summed E-state index contributed by atoms with van der Waals surface area (Å²) in [5, 5.41) is 4.48. The smallest absolute Gasteiger partial charge is 0.284 e. The van der Waals surface area contributed by atoms with Crippen molar-refractivity contribution in [3.8, 4) is 5.75 Å². The van der Waals surface area contributed by atoms with E-state index in [0.717, 1.165) is 5.69 Å². The second-order valence-electron chi connectivity index (χ2n) is 3.51. The van der Waals surface area contributed by atoms with E-state index in [1.165, 1.54) is 4.68 Å². The van der Waals surface area contributed by atoms with E-state index in [0.29, 0.717) is 10.8 Å². The SMILES string of the molecule is Cc1ccn(C(=O)COc2ccccc2Cl)n1. The number of halogens is 1. The summed E-state index contributed by atoms with van der Waals surface area (Å²) in [6.07, 6.45) is 1.60. The van der Waals surface area contributed by atoms with Gasteiger partial charge in [-0.05, 0) is 25.1 Å². The number of hydrogen-bond acceptors (Lipinski definition) is 3. The summed E-state index contributed by atoms with van der Waals surface area (Å²) < 4.78 is 6.58. The van der Waals surface area contributed by atoms with Crippen molar-refractivity contribution >= 4 is 17.5 Å². The molecular weight excluding hydrogens is 240 g/mol. The van der Waals surface area contributed by atoms with Crippen LogP contribution >= 0.6 is 11.6 Å². The molecule has 4 nitrogen and oxygen atoms in total. The number of nitrogens with zero attached hydrogens (tertiary/aromatic N) is 2. The Bertz CT molecular complexity index is 537. The highest BCUT2D eigenvalue weighted by Crippen LogP contribution is 2.22. The van der Waals surface area contributed by atoms with Gasteiger partial charge >= 0.3 is 0 Å². The molecule has 0 saturated heterocycles. The largest absolute Gasteiger partial charge is 0.482 e. The normalized spacial score (nSPS) is 10.2. The van der Waals surface area contributed by atoms with Gasteiger partial charge in [-0.1, -0.05) is 23.7 Å². The fraction of sp³-hybridized carbons (Fsp3) is 0.167. The Morgan fingerprint density at radius 1 is 1.41 bits per heavy atom. The van der Waals surface area contributed by atoms with Crippen LogP contribution in [0.3, 0.4) is 0 Å². The highest BCUT2D eigenvalue weighted by molar-refractivity contribution is 6.32. The molecule has 0 amide bonds. The Morgan fingerprint density at radius 3 is 2.82 bits per heavy atom. The van der Waals surface area contributed by atoms with Gasteiger partial charge in [-0.15, -0.1) is 0 Å². The summed E-state index contributed by atoms with van der Waals surface area (Å²) in [6, 6.07) is 8.77. The summed E-state index contributed by atoms with van der Waals surface area (Å²) in [5.41, 5.74) is 0.788. The van der Waals surface area contributed by atoms with Gasteiger partial charge in [0, 0.05) is 6.20 Å². The van der Waals surface area contributed by atoms with E-state index < -0.39 is 0 Å². The molecule has 0 saturated carbocycles. The van der Waals surface area contributed by atoms with Gasteiger partial charge in [-0.25, -0.2) is 4.68 Å². The second-order valence-corrected chi connectivity index (χ2v) is 3.92. The van der Waals surface area contributed by atoms with Crippen LogP contribution in [0.25, 0.3) is 0 Å². The van der Waals surface area contributed by atoms with Crippen LogP contribution < -0.4 is 4.74 Å². The minimum Gasteiger partial charge on any atom is -0.482 e. The first-order valence-electron chi connectivity index (χ1n) is 5.09. The topological polar surface area (TPSA) is 44.1 Å². The molecule has 88 valence electrons. The van der Waals surface area contributed by atoms with E-state index in [9.17, 15) is 4.79 Å². The summed E-state index contributed by atoms with van der Waals surface area (Å²) in [4.78, 5) is 11.7. The Balaban J connectivity index is 1.99. The van der Waals surface area contributed by atoms with Crippen LogP contribution in [0.15, 0.2) is 36.5 Å². The quantitative estimate of drug-likeness (QED) is 0.841. The third-order valence-electron chi connectivity index (χ3n) is 2.17. The van der Waals surface area contributed by atoms with Crippen LogP contribution in [0.4, 0.5) is 0 Å². The van der Waals surface area contributed by atoms with Crippen molar-refractivity contribution in [2.75, 3.05) is 6.61 Å². The third-order valence-corrected chi connectivity index (χ3v) is 2.48. The lowest BCUT2D eigenvalue weighted by Crippen LogP contribution is -2.19. The number of carbonyl (C=O) groups is 1. The van der Waals surface area contributed by atoms with Crippen molar-refractivity contribution in [1.82, 2.24) is 9.78 Å². The van der Waals surface area contributed by atoms with Crippen molar-refractivity contribution in [3.63, 3.8) is 0 Å². The number of para-hydroxylation sites is 1. The monoisotopic (exact) mass is 250 g/mol. The highest BCUT2D eigenvalue weighted by Gasteiger charge is 2.08. The van der Waals surface area contributed by atoms with Crippen molar-refractivity contribution in [2.45, 2.75) is 6.92 Å². The summed E-state index contributed by atoms with van der Waals surface area (Å²) >= 11 is 5.90. The number of carbonyl (C=O) groups excluding carboxylic acids is 1. The van der Waals surface area contributed by atoms with Gasteiger partial charge in [0.1, 0.15) is 5.75 Å². The zero-order valence-electron chi connectivity index (χ0n) is 9.26. The van der Waals surface area contributed by atoms with E-state index in [1.807, 2.05) is 6.92 Å². The summed E-state index contributed by atoms with van der Waals surface area (Å²) in [7, 11) is 0. The standard InChI is InChI=1S/C12H11ClN2O2/c1-9-6-7-15(14-9)12(16)8-17-11-5-3-2-4-10(11)13/h2-7H,8H2,1H3. The lowest BCUT2D eigenvalue weighted by Gasteiger charge is -2.06. The molecule has 0 atom stereocenters. The van der Waals surface area contributed by atoms with E-state index in [-0.39, 0.29) is 12.5 Å². The number of aromatic nitrogens is 2. The average Bonchev–Trinajstić information content (AvgIpc) is 2.74. The Morgan fingerprint density at radius 2 is 2.18 bits per heavy atom. The van der Waals surface area contributed by atoms with Crippen molar-refractivity contribution in [1.29, 1.82) is 0 Å². The van der Waals surface area contributed by atoms with E-state index in [2.05, 4.69) is 5.10 Å². The fourth-order valence-corrected chi connectivity index (χ4v) is 1.51. The molecule has 0 aliphatic rings. The highest BCUT2D eigenvalue weighted by atomic mass is 35.5. The minimum absolute atomic E-state index is 0.0924. The molecule has 0 N–H and O–H groups in total. The number of aryl methyl sites for hydroxylation is 1. The number of benzene rings is 1. The van der Waals surface area contributed by atoms with E-state index >= 15 is 0 Å². The Hall–Kier alpha value is -1.81. The minimum atomic E-state index is -0.238. The van der Waals surface area contributed by atoms with Crippen LogP contribution in [0, 0.1) is 6.92 Å². The molecule has 1 heterocycles. The van der Waals surface area contributed by atoms with Crippen molar-refractivity contribution < 1.29 is 9.53 Å². The second kappa shape index (κ2) is 5.01. The maximum atomic E-state index is 11.7. The summed E-state index contributed by atoms with van der Waals surface area (Å²) in [5.74, 6) is 0.254. The van der Waals surface area contributed by atoms with Crippen LogP contribution in [-0.2, 0) is 0 Å². The van der Waals surface area contributed by atoms with Gasteiger partial charge in [-0.2, -0.15) is 5.10 Å². The van der Waals surface area contributed by atoms with E-state index in [4.69, 9.17) is 16.3 Å². The molecule has 0 aliphatic carbocycles. The molecule has 0 unspecified atom stereocenters. The van der Waals surface area contributed by atoms with Gasteiger partial charge in [0.15, 0.2) is 6.61 Å². The molecule has 0 spiro atoms. The maximum Gasteiger partial charge on any atom is 0.284 e. The summed E-state index contributed by atoms with van der Waals surface area (Å²) in [6.45, 7) is 1.73. The van der Waals surface area contributed by atoms with Gasteiger partial charge in [0.05, 0.1) is 10.7 Å². The van der Waals surface area contributed by atoms with Crippen molar-refractivity contribution in [2.24, 2.45) is 0 Å². The number of hydrogen-bond donors (Lipinski definition) is 0. The Kier molecular flexibility index (Phi) is 3.44. The molecular formula is C12H11ClN2O2. The molecule has 0 radical (unpaired) electrons. The molecule has 17 heavy (non-hydrogen) atoms. The zero-order chi connectivity index (χ0) is 12.3. The molecule has 2 aromatic rings. The number of ether oxygens (including phenoxy) is 1. The first-order valence-corrected chi connectivity index (χ1v) is 5.47. The predicted molar refractivity (Wildman–Crippen MR) is 64.5 cm³/mol. The Labute approximate surface area is 104 Å². The van der Waals surface area contributed by atoms with Crippen LogP contribution in [0.5, 0.6) is 5.75 Å². The molecule has 0 fully saturated rings. The first kappa shape index (κ1) is 11.7. The van der Waals surface area contributed by atoms with Gasteiger partial charge < -0.3 is 4.74 Å². The van der Waals surface area contributed by atoms with Crippen LogP contribution in [0.2, 0.25) is 5.02 Å². The predicted octanol–water partition coefficient (Wildman–Crippen LogP) is 2.56. The molecule has 2 rings (SSSR count). The molecule has 5 heteroatoms. The van der Waals surface area contributed by atoms with E-state index in [1.54, 1.807) is 36.5 Å². The third kappa shape index (κ3) is 2.85. The average molecular weight is 251 g/mol. The van der Waals surface area contributed by atoms with Gasteiger partial charge in [-0.3, -0.25) is 4.79 Å². The maximum absolute atomic E-state index is 11.7. The lowest BCUT2D eigenvalue weighted by atomic mass is 10.3. The number of rotatable bonds is 3. The van der Waals surface area contributed by atoms with Crippen molar-refractivity contribution in [3.05, 3.63) is 47.2 Å². The van der Waals surface area contributed by atoms with Gasteiger partial charge in [0.2, 0.25) is 0 Å².